The summed E-state index contributed by atoms with van der Waals surface area (Å²) in [6, 6.07) is 26.9. The zero-order chi connectivity index (χ0) is 20.1. The zero-order valence-corrected chi connectivity index (χ0v) is 17.8. The molecule has 2 nitrogen and oxygen atoms in total. The lowest BCUT2D eigenvalue weighted by molar-refractivity contribution is 0.911. The number of benzene rings is 3. The Morgan fingerprint density at radius 1 is 0.536 bits per heavy atom. The summed E-state index contributed by atoms with van der Waals surface area (Å²) in [7, 11) is 8.31. The first-order valence-corrected chi connectivity index (χ1v) is 10.1. The lowest BCUT2D eigenvalue weighted by atomic mass is 9.92. The van der Waals surface area contributed by atoms with Crippen LogP contribution in [-0.2, 0) is 12.8 Å². The number of rotatable bonds is 7. The molecule has 0 heterocycles. The summed E-state index contributed by atoms with van der Waals surface area (Å²) in [5.41, 5.74) is 8.02. The predicted molar refractivity (Wildman–Crippen MR) is 123 cm³/mol. The number of aryl methyl sites for hydroxylation is 2. The molecule has 1 unspecified atom stereocenters. The fourth-order valence-corrected chi connectivity index (χ4v) is 3.48. The third-order valence-electron chi connectivity index (χ3n) is 5.54. The van der Waals surface area contributed by atoms with Gasteiger partial charge in [0.1, 0.15) is 0 Å². The zero-order valence-electron chi connectivity index (χ0n) is 17.8. The number of hydrogen-bond acceptors (Lipinski definition) is 2. The van der Waals surface area contributed by atoms with Crippen LogP contribution < -0.4 is 9.80 Å². The first-order valence-electron chi connectivity index (χ1n) is 10.1. The molecule has 0 radical (unpaired) electrons. The fraction of sp³-hybridized carbons (Fsp3) is 0.308. The highest BCUT2D eigenvalue weighted by atomic mass is 15.1. The van der Waals surface area contributed by atoms with Crippen LogP contribution in [0.4, 0.5) is 11.4 Å². The third kappa shape index (κ3) is 4.95. The highest BCUT2D eigenvalue weighted by Gasteiger charge is 2.09. The average molecular weight is 373 g/mol. The molecule has 0 saturated heterocycles. The molecule has 0 aliphatic carbocycles. The van der Waals surface area contributed by atoms with Gasteiger partial charge in [0.05, 0.1) is 0 Å². The second-order valence-electron chi connectivity index (χ2n) is 8.01. The van der Waals surface area contributed by atoms with Crippen molar-refractivity contribution in [1.82, 2.24) is 0 Å². The maximum absolute atomic E-state index is 2.29. The van der Waals surface area contributed by atoms with E-state index < -0.39 is 0 Å². The quantitative estimate of drug-likeness (QED) is 0.520. The molecule has 0 saturated carbocycles. The Morgan fingerprint density at radius 3 is 1.25 bits per heavy atom. The smallest absolute Gasteiger partial charge is 0.0361 e. The Bertz CT molecular complexity index is 860. The summed E-state index contributed by atoms with van der Waals surface area (Å²) < 4.78 is 0. The summed E-state index contributed by atoms with van der Waals surface area (Å²) in [6.07, 6.45) is 2.15. The van der Waals surface area contributed by atoms with E-state index in [2.05, 4.69) is 118 Å². The van der Waals surface area contributed by atoms with E-state index in [1.165, 1.54) is 33.6 Å². The molecule has 3 aromatic rings. The van der Waals surface area contributed by atoms with E-state index in [9.17, 15) is 0 Å². The van der Waals surface area contributed by atoms with Crippen LogP contribution in [0.5, 0.6) is 0 Å². The van der Waals surface area contributed by atoms with E-state index in [-0.39, 0.29) is 0 Å². The van der Waals surface area contributed by atoms with Crippen molar-refractivity contribution in [2.45, 2.75) is 25.7 Å². The van der Waals surface area contributed by atoms with Crippen LogP contribution >= 0.6 is 0 Å². The minimum absolute atomic E-state index is 0.406. The standard InChI is InChI=1S/C26H32N2/c1-20(24-14-18-26(19-15-24)28(4)5)23-12-8-21(9-13-23)6-7-22-10-16-25(17-11-22)27(2)3/h8-20H,6-7H2,1-5H3. The molecular weight excluding hydrogens is 340 g/mol. The van der Waals surface area contributed by atoms with Crippen LogP contribution in [0.3, 0.4) is 0 Å². The van der Waals surface area contributed by atoms with Crippen molar-refractivity contribution in [3.05, 3.63) is 95.1 Å². The van der Waals surface area contributed by atoms with E-state index in [4.69, 9.17) is 0 Å². The first-order chi connectivity index (χ1) is 13.4. The molecule has 3 rings (SSSR count). The van der Waals surface area contributed by atoms with Gasteiger partial charge in [0.15, 0.2) is 0 Å². The van der Waals surface area contributed by atoms with Gasteiger partial charge in [0.25, 0.3) is 0 Å². The molecule has 0 aliphatic rings. The topological polar surface area (TPSA) is 6.48 Å². The molecule has 0 fully saturated rings. The van der Waals surface area contributed by atoms with Crippen LogP contribution in [-0.4, -0.2) is 28.2 Å². The molecule has 146 valence electrons. The van der Waals surface area contributed by atoms with Crippen molar-refractivity contribution in [3.63, 3.8) is 0 Å². The summed E-state index contributed by atoms with van der Waals surface area (Å²) in [4.78, 5) is 4.27. The Hall–Kier alpha value is -2.74. The molecule has 0 N–H and O–H groups in total. The van der Waals surface area contributed by atoms with E-state index in [0.717, 1.165) is 12.8 Å². The molecule has 0 aromatic heterocycles. The minimum atomic E-state index is 0.406. The summed E-state index contributed by atoms with van der Waals surface area (Å²) in [5.74, 6) is 0.406. The van der Waals surface area contributed by atoms with Crippen molar-refractivity contribution in [3.8, 4) is 0 Å². The van der Waals surface area contributed by atoms with Crippen LogP contribution in [0.2, 0.25) is 0 Å². The van der Waals surface area contributed by atoms with Crippen LogP contribution in [0.15, 0.2) is 72.8 Å². The summed E-state index contributed by atoms with van der Waals surface area (Å²) in [6.45, 7) is 2.28. The monoisotopic (exact) mass is 372 g/mol. The maximum Gasteiger partial charge on any atom is 0.0361 e. The van der Waals surface area contributed by atoms with E-state index in [0.29, 0.717) is 5.92 Å². The van der Waals surface area contributed by atoms with Gasteiger partial charge in [-0.15, -0.1) is 0 Å². The van der Waals surface area contributed by atoms with Gasteiger partial charge in [-0.25, -0.2) is 0 Å². The van der Waals surface area contributed by atoms with Crippen LogP contribution in [0.1, 0.15) is 35.1 Å². The summed E-state index contributed by atoms with van der Waals surface area (Å²) >= 11 is 0. The third-order valence-corrected chi connectivity index (χ3v) is 5.54. The second kappa shape index (κ2) is 8.97. The van der Waals surface area contributed by atoms with Gasteiger partial charge in [-0.1, -0.05) is 55.5 Å². The lowest BCUT2D eigenvalue weighted by Gasteiger charge is -2.16. The SMILES string of the molecule is CC(c1ccc(CCc2ccc(N(C)C)cc2)cc1)c1ccc(N(C)C)cc1. The van der Waals surface area contributed by atoms with Crippen LogP contribution in [0.25, 0.3) is 0 Å². The molecule has 0 amide bonds. The van der Waals surface area contributed by atoms with Gasteiger partial charge >= 0.3 is 0 Å². The Morgan fingerprint density at radius 2 is 0.857 bits per heavy atom. The number of hydrogen-bond donors (Lipinski definition) is 0. The van der Waals surface area contributed by atoms with Gasteiger partial charge in [-0.2, -0.15) is 0 Å². The molecule has 28 heavy (non-hydrogen) atoms. The van der Waals surface area contributed by atoms with Gasteiger partial charge in [0.2, 0.25) is 0 Å². The normalized spacial score (nSPS) is 11.9. The summed E-state index contributed by atoms with van der Waals surface area (Å²) in [5, 5.41) is 0. The van der Waals surface area contributed by atoms with Gasteiger partial charge in [-0.3, -0.25) is 0 Å². The van der Waals surface area contributed by atoms with Gasteiger partial charge in [0, 0.05) is 45.5 Å². The molecule has 3 aromatic carbocycles. The highest BCUT2D eigenvalue weighted by molar-refractivity contribution is 5.48. The Kier molecular flexibility index (Phi) is 6.41. The molecule has 0 aliphatic heterocycles. The Labute approximate surface area is 170 Å². The fourth-order valence-electron chi connectivity index (χ4n) is 3.48. The second-order valence-corrected chi connectivity index (χ2v) is 8.01. The van der Waals surface area contributed by atoms with Gasteiger partial charge in [-0.05, 0) is 59.4 Å². The van der Waals surface area contributed by atoms with E-state index in [1.54, 1.807) is 0 Å². The molecule has 1 atom stereocenters. The van der Waals surface area contributed by atoms with Crippen molar-refractivity contribution < 1.29 is 0 Å². The van der Waals surface area contributed by atoms with Crippen molar-refractivity contribution in [1.29, 1.82) is 0 Å². The highest BCUT2D eigenvalue weighted by Crippen LogP contribution is 2.26. The number of anilines is 2. The predicted octanol–water partition coefficient (Wildman–Crippen LogP) is 5.76. The minimum Gasteiger partial charge on any atom is -0.378 e. The van der Waals surface area contributed by atoms with E-state index >= 15 is 0 Å². The molecule has 2 heteroatoms. The van der Waals surface area contributed by atoms with Crippen molar-refractivity contribution in [2.75, 3.05) is 38.0 Å². The maximum atomic E-state index is 2.29. The van der Waals surface area contributed by atoms with E-state index in [1.807, 2.05) is 0 Å². The average Bonchev–Trinajstić information content (AvgIpc) is 2.72. The lowest BCUT2D eigenvalue weighted by Crippen LogP contribution is -2.08. The first kappa shape index (κ1) is 20.0. The molecular formula is C26H32N2. The molecule has 0 bridgehead atoms. The molecule has 0 spiro atoms. The Balaban J connectivity index is 1.61. The van der Waals surface area contributed by atoms with Crippen molar-refractivity contribution >= 4 is 11.4 Å². The van der Waals surface area contributed by atoms with Crippen LogP contribution in [0, 0.1) is 0 Å². The van der Waals surface area contributed by atoms with Gasteiger partial charge < -0.3 is 9.80 Å². The number of nitrogens with zero attached hydrogens (tertiary/aromatic N) is 2. The largest absolute Gasteiger partial charge is 0.378 e. The van der Waals surface area contributed by atoms with Crippen molar-refractivity contribution in [2.24, 2.45) is 0 Å².